The van der Waals surface area contributed by atoms with Crippen LogP contribution < -0.4 is 5.32 Å². The summed E-state index contributed by atoms with van der Waals surface area (Å²) in [4.78, 5) is 13.7. The Morgan fingerprint density at radius 3 is 2.66 bits per heavy atom. The smallest absolute Gasteiger partial charge is 0.234 e. The number of amides is 1. The molecule has 32 heavy (non-hydrogen) atoms. The first-order chi connectivity index (χ1) is 15.3. The standard InChI is InChI=1S/C23H20BrClN4OS2/c1-13-4-6-15(7-5-13)21-14(2)31-11-17(21)22-27-28-23(29(22)3)32-12-20(30)26-19-9-8-16(24)10-18(19)25/h4-11H,12H2,1-3H3,(H,26,30). The average Bonchev–Trinajstić information content (AvgIpc) is 3.31. The molecule has 0 aliphatic heterocycles. The third-order valence-electron chi connectivity index (χ3n) is 4.93. The van der Waals surface area contributed by atoms with Crippen molar-refractivity contribution in [1.29, 1.82) is 0 Å². The number of halogens is 2. The Labute approximate surface area is 208 Å². The summed E-state index contributed by atoms with van der Waals surface area (Å²) in [5.74, 6) is 0.825. The molecule has 2 aromatic carbocycles. The molecule has 4 rings (SSSR count). The monoisotopic (exact) mass is 546 g/mol. The largest absolute Gasteiger partial charge is 0.324 e. The number of hydrogen-bond acceptors (Lipinski definition) is 5. The number of hydrogen-bond donors (Lipinski definition) is 1. The minimum Gasteiger partial charge on any atom is -0.324 e. The van der Waals surface area contributed by atoms with Crippen LogP contribution in [0.2, 0.25) is 5.02 Å². The van der Waals surface area contributed by atoms with Crippen molar-refractivity contribution in [3.63, 3.8) is 0 Å². The van der Waals surface area contributed by atoms with Crippen molar-refractivity contribution in [2.45, 2.75) is 19.0 Å². The van der Waals surface area contributed by atoms with Crippen LogP contribution in [0.5, 0.6) is 0 Å². The lowest BCUT2D eigenvalue weighted by atomic mass is 10.0. The van der Waals surface area contributed by atoms with Crippen LogP contribution in [-0.2, 0) is 11.8 Å². The van der Waals surface area contributed by atoms with Gasteiger partial charge in [-0.25, -0.2) is 0 Å². The van der Waals surface area contributed by atoms with Gasteiger partial charge in [0.15, 0.2) is 11.0 Å². The number of thiophene rings is 1. The Kier molecular flexibility index (Phi) is 7.05. The quantitative estimate of drug-likeness (QED) is 0.265. The molecular weight excluding hydrogens is 528 g/mol. The molecule has 1 N–H and O–H groups in total. The average molecular weight is 548 g/mol. The summed E-state index contributed by atoms with van der Waals surface area (Å²) < 4.78 is 2.79. The van der Waals surface area contributed by atoms with Crippen molar-refractivity contribution in [2.75, 3.05) is 11.1 Å². The zero-order chi connectivity index (χ0) is 22.8. The number of anilines is 1. The predicted molar refractivity (Wildman–Crippen MR) is 138 cm³/mol. The van der Waals surface area contributed by atoms with Crippen LogP contribution in [0, 0.1) is 13.8 Å². The highest BCUT2D eigenvalue weighted by Gasteiger charge is 2.19. The first kappa shape index (κ1) is 23.0. The van der Waals surface area contributed by atoms with Crippen molar-refractivity contribution in [3.05, 3.63) is 67.8 Å². The molecule has 2 aromatic heterocycles. The highest BCUT2D eigenvalue weighted by molar-refractivity contribution is 9.10. The van der Waals surface area contributed by atoms with E-state index < -0.39 is 0 Å². The van der Waals surface area contributed by atoms with Gasteiger partial charge >= 0.3 is 0 Å². The van der Waals surface area contributed by atoms with E-state index in [9.17, 15) is 4.79 Å². The number of rotatable bonds is 6. The summed E-state index contributed by atoms with van der Waals surface area (Å²) >= 11 is 12.6. The second kappa shape index (κ2) is 9.79. The molecule has 0 aliphatic rings. The van der Waals surface area contributed by atoms with Gasteiger partial charge in [-0.3, -0.25) is 4.79 Å². The van der Waals surface area contributed by atoms with Gasteiger partial charge in [-0.05, 0) is 37.6 Å². The maximum Gasteiger partial charge on any atom is 0.234 e. The van der Waals surface area contributed by atoms with Gasteiger partial charge in [0.05, 0.1) is 16.5 Å². The lowest BCUT2D eigenvalue weighted by Crippen LogP contribution is -2.14. The fraction of sp³-hybridized carbons (Fsp3) is 0.174. The normalized spacial score (nSPS) is 11.0. The predicted octanol–water partition coefficient (Wildman–Crippen LogP) is 6.97. The number of nitrogens with zero attached hydrogens (tertiary/aromatic N) is 3. The molecule has 2 heterocycles. The minimum absolute atomic E-state index is 0.157. The molecule has 0 aliphatic carbocycles. The Hall–Kier alpha value is -2.13. The minimum atomic E-state index is -0.157. The molecule has 0 bridgehead atoms. The van der Waals surface area contributed by atoms with Crippen molar-refractivity contribution in [2.24, 2.45) is 7.05 Å². The summed E-state index contributed by atoms with van der Waals surface area (Å²) in [5, 5.41) is 14.9. The summed E-state index contributed by atoms with van der Waals surface area (Å²) in [7, 11) is 1.92. The molecule has 0 radical (unpaired) electrons. The Bertz CT molecular complexity index is 1280. The lowest BCUT2D eigenvalue weighted by Gasteiger charge is -2.08. The highest BCUT2D eigenvalue weighted by atomic mass is 79.9. The second-order valence-corrected chi connectivity index (χ2v) is 10.6. The molecule has 164 valence electrons. The van der Waals surface area contributed by atoms with Crippen LogP contribution in [0.25, 0.3) is 22.5 Å². The van der Waals surface area contributed by atoms with Crippen LogP contribution in [0.15, 0.2) is 57.5 Å². The van der Waals surface area contributed by atoms with Gasteiger partial charge in [0.25, 0.3) is 0 Å². The number of benzene rings is 2. The number of aromatic nitrogens is 3. The highest BCUT2D eigenvalue weighted by Crippen LogP contribution is 2.39. The molecular formula is C23H20BrClN4OS2. The molecule has 4 aromatic rings. The van der Waals surface area contributed by atoms with E-state index in [1.165, 1.54) is 27.8 Å². The molecule has 9 heteroatoms. The molecule has 5 nitrogen and oxygen atoms in total. The van der Waals surface area contributed by atoms with E-state index in [0.29, 0.717) is 15.9 Å². The fourth-order valence-electron chi connectivity index (χ4n) is 3.28. The molecule has 0 spiro atoms. The summed E-state index contributed by atoms with van der Waals surface area (Å²) in [6, 6.07) is 13.8. The first-order valence-electron chi connectivity index (χ1n) is 9.76. The Balaban J connectivity index is 1.51. The van der Waals surface area contributed by atoms with E-state index in [2.05, 4.69) is 74.9 Å². The zero-order valence-electron chi connectivity index (χ0n) is 17.6. The van der Waals surface area contributed by atoms with E-state index in [1.807, 2.05) is 17.7 Å². The molecule has 0 fully saturated rings. The van der Waals surface area contributed by atoms with E-state index >= 15 is 0 Å². The zero-order valence-corrected chi connectivity index (χ0v) is 21.6. The van der Waals surface area contributed by atoms with Crippen LogP contribution in [0.1, 0.15) is 10.4 Å². The van der Waals surface area contributed by atoms with Gasteiger partial charge in [0, 0.05) is 32.9 Å². The SMILES string of the molecule is Cc1ccc(-c2c(-c3nnc(SCC(=O)Nc4ccc(Br)cc4Cl)n3C)csc2C)cc1. The molecule has 1 amide bonds. The van der Waals surface area contributed by atoms with E-state index in [4.69, 9.17) is 11.6 Å². The number of thioether (sulfide) groups is 1. The topological polar surface area (TPSA) is 59.8 Å². The summed E-state index contributed by atoms with van der Waals surface area (Å²) in [6.07, 6.45) is 0. The van der Waals surface area contributed by atoms with Gasteiger partial charge in [0.1, 0.15) is 0 Å². The van der Waals surface area contributed by atoms with Gasteiger partial charge in [-0.15, -0.1) is 21.5 Å². The van der Waals surface area contributed by atoms with Crippen molar-refractivity contribution < 1.29 is 4.79 Å². The summed E-state index contributed by atoms with van der Waals surface area (Å²) in [5.41, 5.74) is 5.18. The van der Waals surface area contributed by atoms with Crippen molar-refractivity contribution in [3.8, 4) is 22.5 Å². The van der Waals surface area contributed by atoms with E-state index in [-0.39, 0.29) is 11.7 Å². The first-order valence-corrected chi connectivity index (χ1v) is 12.8. The van der Waals surface area contributed by atoms with Crippen LogP contribution in [0.4, 0.5) is 5.69 Å². The lowest BCUT2D eigenvalue weighted by molar-refractivity contribution is -0.113. The Morgan fingerprint density at radius 1 is 1.19 bits per heavy atom. The van der Waals surface area contributed by atoms with Gasteiger partial charge in [0.2, 0.25) is 5.91 Å². The number of carbonyl (C=O) groups excluding carboxylic acids is 1. The third kappa shape index (κ3) is 4.93. The van der Waals surface area contributed by atoms with Crippen LogP contribution in [0.3, 0.4) is 0 Å². The fourth-order valence-corrected chi connectivity index (χ4v) is 5.58. The second-order valence-electron chi connectivity index (χ2n) is 7.27. The summed E-state index contributed by atoms with van der Waals surface area (Å²) in [6.45, 7) is 4.20. The Morgan fingerprint density at radius 2 is 1.94 bits per heavy atom. The van der Waals surface area contributed by atoms with Crippen LogP contribution in [-0.4, -0.2) is 26.4 Å². The number of nitrogens with one attached hydrogen (secondary N) is 1. The van der Waals surface area contributed by atoms with Crippen molar-refractivity contribution in [1.82, 2.24) is 14.8 Å². The van der Waals surface area contributed by atoms with Gasteiger partial charge in [-0.1, -0.05) is 69.1 Å². The third-order valence-corrected chi connectivity index (χ3v) is 7.67. The van der Waals surface area contributed by atoms with Gasteiger partial charge < -0.3 is 9.88 Å². The number of aryl methyl sites for hydroxylation is 2. The molecule has 0 saturated heterocycles. The van der Waals surface area contributed by atoms with Gasteiger partial charge in [-0.2, -0.15) is 0 Å². The van der Waals surface area contributed by atoms with E-state index in [1.54, 1.807) is 23.5 Å². The van der Waals surface area contributed by atoms with E-state index in [0.717, 1.165) is 21.4 Å². The number of carbonyl (C=O) groups is 1. The molecule has 0 saturated carbocycles. The van der Waals surface area contributed by atoms with Crippen molar-refractivity contribution >= 4 is 62.2 Å². The maximum atomic E-state index is 12.4. The molecule has 0 atom stereocenters. The molecule has 0 unspecified atom stereocenters. The van der Waals surface area contributed by atoms with Crippen LogP contribution >= 0.6 is 50.6 Å². The maximum absolute atomic E-state index is 12.4.